The zero-order valence-electron chi connectivity index (χ0n) is 11.5. The molecule has 110 valence electrons. The van der Waals surface area contributed by atoms with Gasteiger partial charge in [-0.2, -0.15) is 0 Å². The Hall–Kier alpha value is -2.01. The fourth-order valence-electron chi connectivity index (χ4n) is 3.68. The van der Waals surface area contributed by atoms with E-state index in [-0.39, 0.29) is 25.0 Å². The molecule has 4 unspecified atom stereocenters. The number of hydrogen-bond donors (Lipinski definition) is 1. The van der Waals surface area contributed by atoms with Crippen molar-refractivity contribution in [1.82, 2.24) is 0 Å². The Morgan fingerprint density at radius 2 is 2.05 bits per heavy atom. The number of aliphatic hydroxyl groups is 1. The van der Waals surface area contributed by atoms with E-state index in [0.717, 1.165) is 5.56 Å². The van der Waals surface area contributed by atoms with Gasteiger partial charge in [-0.05, 0) is 18.4 Å². The quantitative estimate of drug-likeness (QED) is 0.681. The molecule has 3 rings (SSSR count). The minimum absolute atomic E-state index is 0.0340. The van der Waals surface area contributed by atoms with Gasteiger partial charge in [0.15, 0.2) is 0 Å². The van der Waals surface area contributed by atoms with Crippen LogP contribution in [-0.4, -0.2) is 27.5 Å². The molecule has 0 aliphatic heterocycles. The molecule has 21 heavy (non-hydrogen) atoms. The molecule has 1 N–H and O–H groups in total. The summed E-state index contributed by atoms with van der Waals surface area (Å²) in [6, 6.07) is 8.37. The number of fused-ring (bicyclic) bond motifs is 2. The predicted molar refractivity (Wildman–Crippen MR) is 77.0 cm³/mol. The minimum atomic E-state index is -1.34. The Balaban J connectivity index is 1.93. The first-order valence-electron chi connectivity index (χ1n) is 7.13. The molecule has 2 bridgehead atoms. The predicted octanol–water partition coefficient (Wildman–Crippen LogP) is 2.08. The highest BCUT2D eigenvalue weighted by Gasteiger charge is 2.63. The van der Waals surface area contributed by atoms with Gasteiger partial charge < -0.3 is 5.11 Å². The number of Topliss-reactive ketones (excluding diaryl/α,β-unsaturated/α-hetero) is 1. The number of hydrogen-bond acceptors (Lipinski definition) is 4. The van der Waals surface area contributed by atoms with Gasteiger partial charge in [0.2, 0.25) is 6.04 Å². The van der Waals surface area contributed by atoms with Crippen molar-refractivity contribution in [3.63, 3.8) is 0 Å². The van der Waals surface area contributed by atoms with E-state index in [1.54, 1.807) is 12.2 Å². The van der Waals surface area contributed by atoms with E-state index in [9.17, 15) is 20.0 Å². The summed E-state index contributed by atoms with van der Waals surface area (Å²) in [5.74, 6) is -0.925. The van der Waals surface area contributed by atoms with Gasteiger partial charge in [-0.25, -0.2) is 0 Å². The summed E-state index contributed by atoms with van der Waals surface area (Å²) in [6.45, 7) is 0. The summed E-state index contributed by atoms with van der Waals surface area (Å²) in [5, 5.41) is 21.9. The fraction of sp³-hybridized carbons (Fsp3) is 0.438. The lowest BCUT2D eigenvalue weighted by Crippen LogP contribution is -2.45. The Labute approximate surface area is 122 Å². The van der Waals surface area contributed by atoms with Gasteiger partial charge >= 0.3 is 0 Å². The maximum atomic E-state index is 12.0. The standard InChI is InChI=1S/C16H17NO4/c18-14-8-9-16(19)10-13(14)12(15(16)17(20)21)7-6-11-4-2-1-3-5-11/h1-7,12-13,15,19H,8-10H2/b7-6+. The van der Waals surface area contributed by atoms with Gasteiger partial charge in [-0.3, -0.25) is 14.9 Å². The largest absolute Gasteiger partial charge is 0.383 e. The molecule has 0 amide bonds. The van der Waals surface area contributed by atoms with Crippen molar-refractivity contribution in [2.75, 3.05) is 0 Å². The van der Waals surface area contributed by atoms with E-state index in [1.165, 1.54) is 0 Å². The summed E-state index contributed by atoms with van der Waals surface area (Å²) in [5.41, 5.74) is -0.409. The molecule has 4 atom stereocenters. The molecular formula is C16H17NO4. The number of benzene rings is 1. The molecule has 0 saturated heterocycles. The van der Waals surface area contributed by atoms with Gasteiger partial charge in [-0.15, -0.1) is 0 Å². The fourth-order valence-corrected chi connectivity index (χ4v) is 3.68. The van der Waals surface area contributed by atoms with Crippen LogP contribution in [0.25, 0.3) is 6.08 Å². The zero-order valence-corrected chi connectivity index (χ0v) is 11.5. The van der Waals surface area contributed by atoms with E-state index in [1.807, 2.05) is 30.3 Å². The second kappa shape index (κ2) is 5.07. The molecule has 5 nitrogen and oxygen atoms in total. The van der Waals surface area contributed by atoms with Crippen LogP contribution < -0.4 is 0 Å². The Morgan fingerprint density at radius 1 is 1.33 bits per heavy atom. The number of ketones is 1. The molecule has 0 heterocycles. The van der Waals surface area contributed by atoms with Crippen LogP contribution in [0.2, 0.25) is 0 Å². The van der Waals surface area contributed by atoms with Crippen LogP contribution in [0, 0.1) is 22.0 Å². The zero-order chi connectivity index (χ0) is 15.0. The topological polar surface area (TPSA) is 80.4 Å². The molecule has 0 aromatic heterocycles. The van der Waals surface area contributed by atoms with Crippen LogP contribution in [0.5, 0.6) is 0 Å². The van der Waals surface area contributed by atoms with Gasteiger partial charge in [0.1, 0.15) is 11.4 Å². The first kappa shape index (κ1) is 13.9. The maximum Gasteiger partial charge on any atom is 0.248 e. The van der Waals surface area contributed by atoms with E-state index in [2.05, 4.69) is 0 Å². The van der Waals surface area contributed by atoms with Crippen molar-refractivity contribution >= 4 is 11.9 Å². The van der Waals surface area contributed by atoms with Gasteiger partial charge in [0.25, 0.3) is 0 Å². The average Bonchev–Trinajstić information content (AvgIpc) is 2.72. The van der Waals surface area contributed by atoms with Crippen LogP contribution in [0.15, 0.2) is 36.4 Å². The van der Waals surface area contributed by atoms with Gasteiger partial charge in [-0.1, -0.05) is 42.5 Å². The second-order valence-electron chi connectivity index (χ2n) is 5.96. The molecule has 2 aliphatic carbocycles. The Morgan fingerprint density at radius 3 is 2.71 bits per heavy atom. The third-order valence-electron chi connectivity index (χ3n) is 4.71. The van der Waals surface area contributed by atoms with Crippen molar-refractivity contribution in [2.24, 2.45) is 11.8 Å². The SMILES string of the molecule is O=C1CCC2(O)CC1C(/C=C/c1ccccc1)C2[N+](=O)[O-]. The van der Waals surface area contributed by atoms with E-state index in [4.69, 9.17) is 0 Å². The van der Waals surface area contributed by atoms with E-state index in [0.29, 0.717) is 0 Å². The summed E-state index contributed by atoms with van der Waals surface area (Å²) in [6.07, 6.45) is 4.18. The molecule has 2 saturated carbocycles. The maximum absolute atomic E-state index is 12.0. The van der Waals surface area contributed by atoms with Crippen LogP contribution >= 0.6 is 0 Å². The van der Waals surface area contributed by atoms with Crippen LogP contribution in [-0.2, 0) is 4.79 Å². The van der Waals surface area contributed by atoms with Crippen molar-refractivity contribution < 1.29 is 14.8 Å². The lowest BCUT2D eigenvalue weighted by molar-refractivity contribution is -0.547. The van der Waals surface area contributed by atoms with Crippen molar-refractivity contribution in [2.45, 2.75) is 30.9 Å². The second-order valence-corrected chi connectivity index (χ2v) is 5.96. The molecule has 1 aromatic carbocycles. The van der Waals surface area contributed by atoms with Gasteiger partial charge in [0.05, 0.1) is 5.92 Å². The number of carbonyl (C=O) groups is 1. The van der Waals surface area contributed by atoms with E-state index >= 15 is 0 Å². The molecule has 2 fully saturated rings. The summed E-state index contributed by atoms with van der Waals surface area (Å²) >= 11 is 0. The Kier molecular flexibility index (Phi) is 3.37. The Bertz CT molecular complexity index is 598. The number of nitro groups is 1. The summed E-state index contributed by atoms with van der Waals surface area (Å²) in [4.78, 5) is 23.0. The van der Waals surface area contributed by atoms with Crippen molar-refractivity contribution in [1.29, 1.82) is 0 Å². The van der Waals surface area contributed by atoms with Crippen molar-refractivity contribution in [3.05, 3.63) is 52.1 Å². The number of rotatable bonds is 3. The van der Waals surface area contributed by atoms with Crippen LogP contribution in [0.3, 0.4) is 0 Å². The third-order valence-corrected chi connectivity index (χ3v) is 4.71. The molecule has 5 heteroatoms. The number of carbonyl (C=O) groups excluding carboxylic acids is 1. The highest BCUT2D eigenvalue weighted by molar-refractivity contribution is 5.84. The molecule has 2 aliphatic rings. The molecule has 0 radical (unpaired) electrons. The summed E-state index contributed by atoms with van der Waals surface area (Å²) in [7, 11) is 0. The highest BCUT2D eigenvalue weighted by Crippen LogP contribution is 2.49. The minimum Gasteiger partial charge on any atom is -0.383 e. The molecule has 1 aromatic rings. The average molecular weight is 287 g/mol. The lowest BCUT2D eigenvalue weighted by Gasteiger charge is -2.26. The van der Waals surface area contributed by atoms with Crippen LogP contribution in [0.1, 0.15) is 24.8 Å². The smallest absolute Gasteiger partial charge is 0.248 e. The number of nitrogens with zero attached hydrogens (tertiary/aromatic N) is 1. The normalized spacial score (nSPS) is 35.3. The lowest BCUT2D eigenvalue weighted by atomic mass is 9.83. The first-order chi connectivity index (χ1) is 10.0. The molecular weight excluding hydrogens is 270 g/mol. The monoisotopic (exact) mass is 287 g/mol. The summed E-state index contributed by atoms with van der Waals surface area (Å²) < 4.78 is 0. The third kappa shape index (κ3) is 2.38. The highest BCUT2D eigenvalue weighted by atomic mass is 16.6. The van der Waals surface area contributed by atoms with Crippen LogP contribution in [0.4, 0.5) is 0 Å². The van der Waals surface area contributed by atoms with Gasteiger partial charge in [0, 0.05) is 17.3 Å². The first-order valence-corrected chi connectivity index (χ1v) is 7.13. The molecule has 0 spiro atoms. The van der Waals surface area contributed by atoms with Crippen molar-refractivity contribution in [3.8, 4) is 0 Å². The van der Waals surface area contributed by atoms with E-state index < -0.39 is 28.4 Å².